The summed E-state index contributed by atoms with van der Waals surface area (Å²) < 4.78 is 5.09. The molecule has 0 unspecified atom stereocenters. The first-order chi connectivity index (χ1) is 14.3. The lowest BCUT2D eigenvalue weighted by atomic mass is 9.82. The van der Waals surface area contributed by atoms with Gasteiger partial charge in [0, 0.05) is 50.7 Å². The molecule has 0 fully saturated rings. The molecular formula is C23H36N2O6. The lowest BCUT2D eigenvalue weighted by Crippen LogP contribution is -2.17. The van der Waals surface area contributed by atoms with Crippen molar-refractivity contribution < 1.29 is 24.0 Å². The van der Waals surface area contributed by atoms with Gasteiger partial charge < -0.3 is 15.4 Å². The normalized spacial score (nSPS) is 12.7. The van der Waals surface area contributed by atoms with Crippen LogP contribution in [0.2, 0.25) is 0 Å². The zero-order valence-electron chi connectivity index (χ0n) is 19.1. The van der Waals surface area contributed by atoms with Crippen molar-refractivity contribution in [3.8, 4) is 0 Å². The van der Waals surface area contributed by atoms with Crippen molar-refractivity contribution in [3.05, 3.63) is 34.0 Å². The Morgan fingerprint density at radius 2 is 1.58 bits per heavy atom. The number of primary amides is 1. The number of aromatic nitrogens is 1. The van der Waals surface area contributed by atoms with E-state index in [1.807, 2.05) is 27.7 Å². The van der Waals surface area contributed by atoms with Gasteiger partial charge in [-0.1, -0.05) is 27.7 Å². The van der Waals surface area contributed by atoms with Crippen molar-refractivity contribution in [3.63, 3.8) is 0 Å². The van der Waals surface area contributed by atoms with Crippen molar-refractivity contribution in [2.24, 2.45) is 16.6 Å². The van der Waals surface area contributed by atoms with E-state index in [9.17, 15) is 24.3 Å². The minimum Gasteiger partial charge on any atom is -0.512 e. The van der Waals surface area contributed by atoms with Crippen LogP contribution in [0, 0.1) is 10.8 Å². The van der Waals surface area contributed by atoms with Gasteiger partial charge in [-0.25, -0.2) is 0 Å². The van der Waals surface area contributed by atoms with Gasteiger partial charge in [0.05, 0.1) is 5.76 Å². The number of allylic oxidation sites excluding steroid dienone is 1. The number of hydrogen-bond donors (Lipinski definition) is 3. The van der Waals surface area contributed by atoms with Crippen molar-refractivity contribution in [1.29, 1.82) is 0 Å². The average molecular weight is 437 g/mol. The van der Waals surface area contributed by atoms with Crippen LogP contribution in [-0.4, -0.2) is 27.7 Å². The molecule has 4 N–H and O–H groups in total. The number of aliphatic hydroxyl groups is 1. The summed E-state index contributed by atoms with van der Waals surface area (Å²) in [5, 5.41) is 12.0. The fourth-order valence-corrected chi connectivity index (χ4v) is 3.45. The number of nitrogens with one attached hydrogen (secondary N) is 1. The number of aromatic amines is 1. The number of rotatable bonds is 15. The lowest BCUT2D eigenvalue weighted by molar-refractivity contribution is -0.121. The second kappa shape index (κ2) is 11.7. The number of carbonyl (C=O) groups excluding carboxylic acids is 3. The summed E-state index contributed by atoms with van der Waals surface area (Å²) in [6.45, 7) is 7.87. The fraction of sp³-hybridized carbons (Fsp3) is 0.652. The maximum Gasteiger partial charge on any atom is 0.280 e. The van der Waals surface area contributed by atoms with E-state index >= 15 is 0 Å². The summed E-state index contributed by atoms with van der Waals surface area (Å²) in [6.07, 6.45) is 5.10. The van der Waals surface area contributed by atoms with Crippen LogP contribution in [0.25, 0.3) is 0 Å². The van der Waals surface area contributed by atoms with Gasteiger partial charge >= 0.3 is 0 Å². The molecule has 0 atom stereocenters. The molecule has 0 aliphatic carbocycles. The highest BCUT2D eigenvalue weighted by Crippen LogP contribution is 2.30. The molecule has 1 aromatic rings. The largest absolute Gasteiger partial charge is 0.512 e. The van der Waals surface area contributed by atoms with Crippen LogP contribution in [0.5, 0.6) is 0 Å². The van der Waals surface area contributed by atoms with Crippen molar-refractivity contribution >= 4 is 17.5 Å². The van der Waals surface area contributed by atoms with Crippen LogP contribution < -0.4 is 11.3 Å². The summed E-state index contributed by atoms with van der Waals surface area (Å²) in [7, 11) is 0. The molecule has 0 spiro atoms. The molecule has 174 valence electrons. The molecule has 1 rings (SSSR count). The highest BCUT2D eigenvalue weighted by atomic mass is 16.5. The van der Waals surface area contributed by atoms with Gasteiger partial charge in [-0.15, -0.1) is 0 Å². The Morgan fingerprint density at radius 3 is 2.06 bits per heavy atom. The van der Waals surface area contributed by atoms with Crippen LogP contribution in [0.3, 0.4) is 0 Å². The van der Waals surface area contributed by atoms with E-state index in [4.69, 9.17) is 10.3 Å². The van der Waals surface area contributed by atoms with Crippen molar-refractivity contribution in [2.45, 2.75) is 85.5 Å². The number of nitrogens with two attached hydrogens (primary N) is 1. The summed E-state index contributed by atoms with van der Waals surface area (Å²) in [5.74, 6) is 0.000296. The lowest BCUT2D eigenvalue weighted by Gasteiger charge is -2.23. The highest BCUT2D eigenvalue weighted by molar-refractivity contribution is 5.86. The predicted molar refractivity (Wildman–Crippen MR) is 117 cm³/mol. The van der Waals surface area contributed by atoms with Gasteiger partial charge in [0.2, 0.25) is 5.91 Å². The van der Waals surface area contributed by atoms with Crippen LogP contribution in [0.15, 0.2) is 27.2 Å². The smallest absolute Gasteiger partial charge is 0.280 e. The Bertz CT molecular complexity index is 844. The van der Waals surface area contributed by atoms with Crippen LogP contribution in [-0.2, 0) is 20.8 Å². The Hall–Kier alpha value is -2.64. The quantitative estimate of drug-likeness (QED) is 0.282. The minimum absolute atomic E-state index is 0.0852. The molecule has 0 radical (unpaired) electrons. The number of Topliss-reactive ketones (excluding diaryl/α,β-unsaturated/α-hetero) is 2. The molecule has 0 saturated heterocycles. The molecule has 0 saturated carbocycles. The average Bonchev–Trinajstić information content (AvgIpc) is 3.01. The molecule has 0 aliphatic heterocycles. The molecule has 31 heavy (non-hydrogen) atoms. The first-order valence-electron chi connectivity index (χ1n) is 10.7. The number of hydrogen-bond acceptors (Lipinski definition) is 6. The SMILES string of the molecule is CC(C)(CCC(=O)CCCC(=O)CCC(C)(C)Cc1cc(=O)[nH]o1)C/C(O)=C/C(N)=O. The second-order valence-electron chi connectivity index (χ2n) is 9.83. The van der Waals surface area contributed by atoms with Gasteiger partial charge in [0.1, 0.15) is 17.3 Å². The Morgan fingerprint density at radius 1 is 1.03 bits per heavy atom. The highest BCUT2D eigenvalue weighted by Gasteiger charge is 2.23. The van der Waals surface area contributed by atoms with Crippen molar-refractivity contribution in [1.82, 2.24) is 5.16 Å². The van der Waals surface area contributed by atoms with Crippen LogP contribution in [0.4, 0.5) is 0 Å². The molecule has 0 aliphatic rings. The van der Waals surface area contributed by atoms with Crippen molar-refractivity contribution in [2.75, 3.05) is 0 Å². The monoisotopic (exact) mass is 436 g/mol. The number of ketones is 2. The van der Waals surface area contributed by atoms with E-state index in [0.717, 1.165) is 6.08 Å². The number of amides is 1. The summed E-state index contributed by atoms with van der Waals surface area (Å²) in [5.41, 5.74) is 4.23. The van der Waals surface area contributed by atoms with Crippen LogP contribution in [0.1, 0.15) is 84.8 Å². The molecular weight excluding hydrogens is 400 g/mol. The number of H-pyrrole nitrogens is 1. The fourth-order valence-electron chi connectivity index (χ4n) is 3.45. The molecule has 8 heteroatoms. The molecule has 0 bridgehead atoms. The molecule has 8 nitrogen and oxygen atoms in total. The summed E-state index contributed by atoms with van der Waals surface area (Å²) >= 11 is 0. The third-order valence-electron chi connectivity index (χ3n) is 5.27. The first kappa shape index (κ1) is 26.4. The van der Waals surface area contributed by atoms with E-state index in [1.165, 1.54) is 6.07 Å². The maximum atomic E-state index is 12.2. The number of aliphatic hydroxyl groups excluding tert-OH is 1. The molecule has 1 amide bonds. The van der Waals surface area contributed by atoms with Crippen LogP contribution >= 0.6 is 0 Å². The summed E-state index contributed by atoms with van der Waals surface area (Å²) in [4.78, 5) is 46.3. The number of carbonyl (C=O) groups is 3. The van der Waals surface area contributed by atoms with E-state index in [-0.39, 0.29) is 40.1 Å². The van der Waals surface area contributed by atoms with E-state index in [2.05, 4.69) is 5.16 Å². The summed E-state index contributed by atoms with van der Waals surface area (Å²) in [6, 6.07) is 1.42. The standard InChI is InChI=1S/C23H36N2O6/c1-22(2,14-18(28)12-20(24)29)10-8-16(26)6-5-7-17(27)9-11-23(3,4)15-19-13-21(30)25-31-19/h12-13,28H,5-11,14-15H2,1-4H3,(H2,24,29)(H,25,30)/b18-12-. The van der Waals surface area contributed by atoms with Gasteiger partial charge in [-0.3, -0.25) is 19.2 Å². The van der Waals surface area contributed by atoms with Gasteiger partial charge in [-0.05, 0) is 30.1 Å². The minimum atomic E-state index is -0.700. The van der Waals surface area contributed by atoms with Gasteiger partial charge in [-0.2, -0.15) is 5.16 Å². The molecule has 1 aromatic heterocycles. The third-order valence-corrected chi connectivity index (χ3v) is 5.27. The Kier molecular flexibility index (Phi) is 9.94. The topological polar surface area (TPSA) is 143 Å². The zero-order chi connectivity index (χ0) is 23.7. The predicted octanol–water partition coefficient (Wildman–Crippen LogP) is 3.75. The zero-order valence-corrected chi connectivity index (χ0v) is 19.1. The Labute approximate surface area is 183 Å². The van der Waals surface area contributed by atoms with E-state index in [0.29, 0.717) is 57.1 Å². The maximum absolute atomic E-state index is 12.2. The molecule has 1 heterocycles. The van der Waals surface area contributed by atoms with Gasteiger partial charge in [0.25, 0.3) is 5.56 Å². The van der Waals surface area contributed by atoms with Gasteiger partial charge in [0.15, 0.2) is 0 Å². The Balaban J connectivity index is 2.28. The third kappa shape index (κ3) is 12.0. The second-order valence-corrected chi connectivity index (χ2v) is 9.83. The van der Waals surface area contributed by atoms with E-state index < -0.39 is 5.91 Å². The first-order valence-corrected chi connectivity index (χ1v) is 10.7. The van der Waals surface area contributed by atoms with E-state index in [1.54, 1.807) is 0 Å². The molecule has 0 aromatic carbocycles.